The summed E-state index contributed by atoms with van der Waals surface area (Å²) < 4.78 is 16.5. The lowest BCUT2D eigenvalue weighted by molar-refractivity contribution is 0.0557. The number of methoxy groups -OCH3 is 1. The Bertz CT molecular complexity index is 422. The first kappa shape index (κ1) is 20.9. The maximum Gasteiger partial charge on any atom is 0.119 e. The van der Waals surface area contributed by atoms with Crippen LogP contribution in [0.2, 0.25) is 0 Å². The minimum atomic E-state index is -0.511. The summed E-state index contributed by atoms with van der Waals surface area (Å²) in [6.45, 7) is 8.37. The Balaban J connectivity index is 2.36. The molecule has 5 nitrogen and oxygen atoms in total. The third kappa shape index (κ3) is 9.23. The maximum atomic E-state index is 9.85. The van der Waals surface area contributed by atoms with Gasteiger partial charge in [0.25, 0.3) is 0 Å². The highest BCUT2D eigenvalue weighted by atomic mass is 16.5. The van der Waals surface area contributed by atoms with E-state index in [9.17, 15) is 5.11 Å². The van der Waals surface area contributed by atoms with Crippen molar-refractivity contribution in [1.29, 1.82) is 0 Å². The van der Waals surface area contributed by atoms with Crippen molar-refractivity contribution < 1.29 is 19.3 Å². The topological polar surface area (TPSA) is 60.0 Å². The van der Waals surface area contributed by atoms with Gasteiger partial charge in [-0.15, -0.1) is 0 Å². The molecule has 2 unspecified atom stereocenters. The molecule has 1 rings (SSSR count). The van der Waals surface area contributed by atoms with Crippen molar-refractivity contribution in [3.63, 3.8) is 0 Å². The average molecular weight is 339 g/mol. The van der Waals surface area contributed by atoms with E-state index < -0.39 is 6.10 Å². The van der Waals surface area contributed by atoms with Crippen LogP contribution in [-0.4, -0.2) is 56.8 Å². The van der Waals surface area contributed by atoms with Crippen LogP contribution in [-0.2, 0) is 15.9 Å². The molecule has 1 aromatic carbocycles. The zero-order valence-corrected chi connectivity index (χ0v) is 15.5. The van der Waals surface area contributed by atoms with E-state index in [1.807, 2.05) is 45.0 Å². The van der Waals surface area contributed by atoms with Crippen molar-refractivity contribution in [3.8, 4) is 5.75 Å². The van der Waals surface area contributed by atoms with Crippen LogP contribution in [0.5, 0.6) is 5.75 Å². The average Bonchev–Trinajstić information content (AvgIpc) is 2.58. The molecule has 24 heavy (non-hydrogen) atoms. The molecule has 138 valence electrons. The van der Waals surface area contributed by atoms with Crippen LogP contribution in [0.25, 0.3) is 0 Å². The Kier molecular flexibility index (Phi) is 10.7. The molecule has 1 aromatic rings. The van der Waals surface area contributed by atoms with E-state index in [0.29, 0.717) is 12.6 Å². The molecule has 0 heterocycles. The Morgan fingerprint density at radius 2 is 1.88 bits per heavy atom. The molecule has 0 aliphatic rings. The molecule has 0 saturated carbocycles. The van der Waals surface area contributed by atoms with E-state index in [2.05, 4.69) is 5.32 Å². The van der Waals surface area contributed by atoms with Gasteiger partial charge in [-0.2, -0.15) is 0 Å². The summed E-state index contributed by atoms with van der Waals surface area (Å²) in [5, 5.41) is 13.0. The Morgan fingerprint density at radius 1 is 1.17 bits per heavy atom. The summed E-state index contributed by atoms with van der Waals surface area (Å²) in [7, 11) is 1.74. The molecule has 0 fully saturated rings. The van der Waals surface area contributed by atoms with Crippen LogP contribution < -0.4 is 10.1 Å². The first-order chi connectivity index (χ1) is 11.5. The zero-order chi connectivity index (χ0) is 17.8. The number of benzene rings is 1. The minimum absolute atomic E-state index is 0.159. The molecule has 0 aromatic heterocycles. The first-order valence-corrected chi connectivity index (χ1v) is 8.78. The van der Waals surface area contributed by atoms with Crippen LogP contribution >= 0.6 is 0 Å². The maximum absolute atomic E-state index is 9.85. The highest BCUT2D eigenvalue weighted by molar-refractivity contribution is 5.27. The van der Waals surface area contributed by atoms with E-state index in [-0.39, 0.29) is 12.7 Å². The second-order valence-corrected chi connectivity index (χ2v) is 6.22. The third-order valence-corrected chi connectivity index (χ3v) is 3.71. The first-order valence-electron chi connectivity index (χ1n) is 8.78. The summed E-state index contributed by atoms with van der Waals surface area (Å²) in [4.78, 5) is 0. The molecule has 5 heteroatoms. The molecular formula is C19H33NO4. The van der Waals surface area contributed by atoms with Gasteiger partial charge in [0.15, 0.2) is 0 Å². The van der Waals surface area contributed by atoms with Crippen molar-refractivity contribution >= 4 is 0 Å². The fraction of sp³-hybridized carbons (Fsp3) is 0.684. The molecular weight excluding hydrogens is 306 g/mol. The van der Waals surface area contributed by atoms with Gasteiger partial charge in [0.2, 0.25) is 0 Å². The number of rotatable bonds is 13. The van der Waals surface area contributed by atoms with Gasteiger partial charge in [0.05, 0.1) is 6.10 Å². The molecule has 0 saturated heterocycles. The Hall–Kier alpha value is -1.14. The summed E-state index contributed by atoms with van der Waals surface area (Å²) in [6, 6.07) is 8.32. The van der Waals surface area contributed by atoms with Crippen molar-refractivity contribution in [2.75, 3.05) is 33.5 Å². The predicted octanol–water partition coefficient (Wildman–Crippen LogP) is 2.41. The van der Waals surface area contributed by atoms with E-state index >= 15 is 0 Å². The highest BCUT2D eigenvalue weighted by Crippen LogP contribution is 2.15. The normalized spacial score (nSPS) is 13.9. The third-order valence-electron chi connectivity index (χ3n) is 3.71. The standard InChI is InChI=1S/C19H33NO4/c1-5-23-11-10-19(22-4)12-16-6-8-18(9-7-16)24-14-17(21)13-20-15(2)3/h6-9,15,17,19-21H,5,10-14H2,1-4H3. The summed E-state index contributed by atoms with van der Waals surface area (Å²) in [6.07, 6.45) is 1.39. The second kappa shape index (κ2) is 12.3. The van der Waals surface area contributed by atoms with Crippen molar-refractivity contribution in [2.45, 2.75) is 51.9 Å². The lowest BCUT2D eigenvalue weighted by atomic mass is 10.1. The predicted molar refractivity (Wildman–Crippen MR) is 96.7 cm³/mol. The highest BCUT2D eigenvalue weighted by Gasteiger charge is 2.09. The van der Waals surface area contributed by atoms with Gasteiger partial charge in [-0.05, 0) is 37.5 Å². The number of aliphatic hydroxyl groups excluding tert-OH is 1. The van der Waals surface area contributed by atoms with Gasteiger partial charge in [0, 0.05) is 32.9 Å². The fourth-order valence-electron chi connectivity index (χ4n) is 2.27. The van der Waals surface area contributed by atoms with Gasteiger partial charge >= 0.3 is 0 Å². The number of nitrogens with one attached hydrogen (secondary N) is 1. The second-order valence-electron chi connectivity index (χ2n) is 6.22. The lowest BCUT2D eigenvalue weighted by Gasteiger charge is -2.16. The Morgan fingerprint density at radius 3 is 2.46 bits per heavy atom. The lowest BCUT2D eigenvalue weighted by Crippen LogP contribution is -2.35. The smallest absolute Gasteiger partial charge is 0.119 e. The largest absolute Gasteiger partial charge is 0.491 e. The quantitative estimate of drug-likeness (QED) is 0.541. The molecule has 0 aliphatic heterocycles. The van der Waals surface area contributed by atoms with Gasteiger partial charge in [0.1, 0.15) is 18.5 Å². The van der Waals surface area contributed by atoms with E-state index in [0.717, 1.165) is 31.8 Å². The monoisotopic (exact) mass is 339 g/mol. The van der Waals surface area contributed by atoms with E-state index in [4.69, 9.17) is 14.2 Å². The molecule has 0 radical (unpaired) electrons. The molecule has 2 atom stereocenters. The van der Waals surface area contributed by atoms with Crippen molar-refractivity contribution in [3.05, 3.63) is 29.8 Å². The van der Waals surface area contributed by atoms with Crippen LogP contribution in [0.15, 0.2) is 24.3 Å². The minimum Gasteiger partial charge on any atom is -0.491 e. The van der Waals surface area contributed by atoms with E-state index in [1.165, 1.54) is 5.56 Å². The van der Waals surface area contributed by atoms with Crippen molar-refractivity contribution in [2.24, 2.45) is 0 Å². The summed E-state index contributed by atoms with van der Waals surface area (Å²) in [5.74, 6) is 0.769. The number of ether oxygens (including phenoxy) is 3. The van der Waals surface area contributed by atoms with Crippen LogP contribution in [0, 0.1) is 0 Å². The van der Waals surface area contributed by atoms with Crippen LogP contribution in [0.1, 0.15) is 32.8 Å². The fourth-order valence-corrected chi connectivity index (χ4v) is 2.27. The summed E-state index contributed by atoms with van der Waals surface area (Å²) in [5.41, 5.74) is 1.20. The molecule has 2 N–H and O–H groups in total. The van der Waals surface area contributed by atoms with Crippen LogP contribution in [0.4, 0.5) is 0 Å². The molecule has 0 amide bonds. The summed E-state index contributed by atoms with van der Waals surface area (Å²) >= 11 is 0. The molecule has 0 bridgehead atoms. The van der Waals surface area contributed by atoms with Gasteiger partial charge in [-0.3, -0.25) is 0 Å². The van der Waals surface area contributed by atoms with E-state index in [1.54, 1.807) is 7.11 Å². The number of hydrogen-bond donors (Lipinski definition) is 2. The zero-order valence-electron chi connectivity index (χ0n) is 15.5. The van der Waals surface area contributed by atoms with Gasteiger partial charge in [-0.1, -0.05) is 26.0 Å². The van der Waals surface area contributed by atoms with Gasteiger partial charge in [-0.25, -0.2) is 0 Å². The molecule has 0 spiro atoms. The van der Waals surface area contributed by atoms with Crippen LogP contribution in [0.3, 0.4) is 0 Å². The number of aliphatic hydroxyl groups is 1. The molecule has 0 aliphatic carbocycles. The number of hydrogen-bond acceptors (Lipinski definition) is 5. The Labute approximate surface area is 146 Å². The van der Waals surface area contributed by atoms with Crippen molar-refractivity contribution in [1.82, 2.24) is 5.32 Å². The van der Waals surface area contributed by atoms with Gasteiger partial charge < -0.3 is 24.6 Å². The SMILES string of the molecule is CCOCCC(Cc1ccc(OCC(O)CNC(C)C)cc1)OC.